The summed E-state index contributed by atoms with van der Waals surface area (Å²) in [5.41, 5.74) is 0.620. The van der Waals surface area contributed by atoms with E-state index in [1.165, 1.54) is 17.0 Å². The van der Waals surface area contributed by atoms with E-state index in [1.807, 2.05) is 0 Å². The van der Waals surface area contributed by atoms with Gasteiger partial charge in [-0.25, -0.2) is 4.39 Å². The van der Waals surface area contributed by atoms with Crippen LogP contribution in [0.4, 0.5) is 10.1 Å². The van der Waals surface area contributed by atoms with Gasteiger partial charge in [0.05, 0.1) is 5.92 Å². The lowest BCUT2D eigenvalue weighted by Crippen LogP contribution is -2.27. The molecule has 0 unspecified atom stereocenters. The summed E-state index contributed by atoms with van der Waals surface area (Å²) in [5, 5.41) is 0. The fourth-order valence-electron chi connectivity index (χ4n) is 3.06. The monoisotopic (exact) mass is 435 g/mol. The molecule has 1 atom stereocenters. The summed E-state index contributed by atoms with van der Waals surface area (Å²) in [4.78, 5) is 26.3. The van der Waals surface area contributed by atoms with Crippen molar-refractivity contribution >= 4 is 33.5 Å². The Morgan fingerprint density at radius 1 is 1.15 bits per heavy atom. The number of benzene rings is 2. The molecule has 2 aliphatic rings. The second-order valence-corrected chi connectivity index (χ2v) is 7.14. The van der Waals surface area contributed by atoms with Crippen LogP contribution in [0.25, 0.3) is 0 Å². The molecule has 1 saturated heterocycles. The predicted octanol–water partition coefficient (Wildman–Crippen LogP) is 3.32. The Bertz CT molecular complexity index is 919. The number of fused-ring (bicyclic) bond motifs is 1. The molecule has 0 radical (unpaired) electrons. The van der Waals surface area contributed by atoms with Gasteiger partial charge in [-0.2, -0.15) is 0 Å². The summed E-state index contributed by atoms with van der Waals surface area (Å²) in [6.45, 7) is 1.09. The maximum Gasteiger partial charge on any atom is 0.316 e. The van der Waals surface area contributed by atoms with Crippen LogP contribution in [0.5, 0.6) is 17.2 Å². The minimum atomic E-state index is -0.672. The average Bonchev–Trinajstić information content (AvgIpc) is 3.05. The number of amides is 1. The lowest BCUT2D eigenvalue weighted by Gasteiger charge is -2.22. The largest absolute Gasteiger partial charge is 0.486 e. The standard InChI is InChI=1S/C19H15BrFNO5/c20-12-1-3-15(14(21)8-12)27-19(24)11-7-18(23)22(10-11)13-2-4-16-17(9-13)26-6-5-25-16/h1-4,8-9,11H,5-7,10H2/t11-/m1/s1. The molecular weight excluding hydrogens is 421 g/mol. The lowest BCUT2D eigenvalue weighted by atomic mass is 10.1. The fourth-order valence-corrected chi connectivity index (χ4v) is 3.40. The van der Waals surface area contributed by atoms with Gasteiger partial charge < -0.3 is 19.1 Å². The smallest absolute Gasteiger partial charge is 0.316 e. The third-order valence-electron chi connectivity index (χ3n) is 4.40. The first-order valence-corrected chi connectivity index (χ1v) is 9.17. The van der Waals surface area contributed by atoms with Gasteiger partial charge in [0.25, 0.3) is 0 Å². The molecule has 0 aliphatic carbocycles. The molecule has 2 aromatic carbocycles. The van der Waals surface area contributed by atoms with E-state index in [0.717, 1.165) is 0 Å². The second kappa shape index (κ2) is 7.19. The molecule has 2 aliphatic heterocycles. The van der Waals surface area contributed by atoms with Gasteiger partial charge in [0.1, 0.15) is 13.2 Å². The molecule has 6 nitrogen and oxygen atoms in total. The van der Waals surface area contributed by atoms with Crippen molar-refractivity contribution in [1.29, 1.82) is 0 Å². The molecule has 27 heavy (non-hydrogen) atoms. The van der Waals surface area contributed by atoms with E-state index < -0.39 is 17.7 Å². The normalized spacial score (nSPS) is 18.5. The molecule has 0 aromatic heterocycles. The van der Waals surface area contributed by atoms with Crippen molar-refractivity contribution in [2.45, 2.75) is 6.42 Å². The molecule has 0 saturated carbocycles. The van der Waals surface area contributed by atoms with Crippen molar-refractivity contribution in [3.05, 3.63) is 46.7 Å². The highest BCUT2D eigenvalue weighted by Crippen LogP contribution is 2.36. The first kappa shape index (κ1) is 17.8. The van der Waals surface area contributed by atoms with E-state index in [9.17, 15) is 14.0 Å². The Kier molecular flexibility index (Phi) is 4.73. The number of carbonyl (C=O) groups is 2. The van der Waals surface area contributed by atoms with Crippen LogP contribution in [0, 0.1) is 11.7 Å². The number of hydrogen-bond donors (Lipinski definition) is 0. The highest BCUT2D eigenvalue weighted by molar-refractivity contribution is 9.10. The van der Waals surface area contributed by atoms with Gasteiger partial charge in [-0.05, 0) is 30.3 Å². The van der Waals surface area contributed by atoms with Gasteiger partial charge in [-0.15, -0.1) is 0 Å². The number of esters is 1. The summed E-state index contributed by atoms with van der Waals surface area (Å²) in [6, 6.07) is 9.35. The summed E-state index contributed by atoms with van der Waals surface area (Å²) < 4.78 is 30.6. The predicted molar refractivity (Wildman–Crippen MR) is 97.6 cm³/mol. The minimum Gasteiger partial charge on any atom is -0.486 e. The van der Waals surface area contributed by atoms with Crippen LogP contribution < -0.4 is 19.1 Å². The Morgan fingerprint density at radius 2 is 1.93 bits per heavy atom. The highest BCUT2D eigenvalue weighted by atomic mass is 79.9. The molecule has 0 N–H and O–H groups in total. The quantitative estimate of drug-likeness (QED) is 0.546. The van der Waals surface area contributed by atoms with Crippen molar-refractivity contribution in [3.8, 4) is 17.2 Å². The summed E-state index contributed by atoms with van der Waals surface area (Å²) in [7, 11) is 0. The van der Waals surface area contributed by atoms with Crippen LogP contribution >= 0.6 is 15.9 Å². The van der Waals surface area contributed by atoms with E-state index in [0.29, 0.717) is 34.9 Å². The number of ether oxygens (including phenoxy) is 3. The van der Waals surface area contributed by atoms with E-state index in [4.69, 9.17) is 14.2 Å². The molecule has 1 amide bonds. The van der Waals surface area contributed by atoms with Gasteiger partial charge in [0, 0.05) is 29.2 Å². The molecule has 8 heteroatoms. The molecule has 4 rings (SSSR count). The van der Waals surface area contributed by atoms with E-state index in [-0.39, 0.29) is 24.6 Å². The molecule has 0 spiro atoms. The average molecular weight is 436 g/mol. The number of rotatable bonds is 3. The van der Waals surface area contributed by atoms with Gasteiger partial charge in [-0.1, -0.05) is 15.9 Å². The van der Waals surface area contributed by atoms with E-state index in [1.54, 1.807) is 24.3 Å². The van der Waals surface area contributed by atoms with Crippen molar-refractivity contribution in [3.63, 3.8) is 0 Å². The topological polar surface area (TPSA) is 65.1 Å². The number of halogens is 2. The number of hydrogen-bond acceptors (Lipinski definition) is 5. The van der Waals surface area contributed by atoms with Gasteiger partial charge >= 0.3 is 5.97 Å². The summed E-state index contributed by atoms with van der Waals surface area (Å²) >= 11 is 3.15. The Labute approximate surface area is 162 Å². The maximum absolute atomic E-state index is 13.9. The highest BCUT2D eigenvalue weighted by Gasteiger charge is 2.37. The van der Waals surface area contributed by atoms with E-state index >= 15 is 0 Å². The maximum atomic E-state index is 13.9. The van der Waals surface area contributed by atoms with Crippen LogP contribution in [0.1, 0.15) is 6.42 Å². The van der Waals surface area contributed by atoms with Gasteiger partial charge in [0.15, 0.2) is 23.1 Å². The fraction of sp³-hybridized carbons (Fsp3) is 0.263. The third-order valence-corrected chi connectivity index (χ3v) is 4.89. The zero-order chi connectivity index (χ0) is 19.0. The van der Waals surface area contributed by atoms with Crippen molar-refractivity contribution in [2.75, 3.05) is 24.7 Å². The minimum absolute atomic E-state index is 0.00538. The molecule has 2 aromatic rings. The van der Waals surface area contributed by atoms with Crippen LogP contribution in [-0.4, -0.2) is 31.6 Å². The van der Waals surface area contributed by atoms with E-state index in [2.05, 4.69) is 15.9 Å². The summed E-state index contributed by atoms with van der Waals surface area (Å²) in [5.74, 6) is -1.13. The first-order valence-electron chi connectivity index (χ1n) is 8.38. The third kappa shape index (κ3) is 3.62. The molecular formula is C19H15BrFNO5. The summed E-state index contributed by atoms with van der Waals surface area (Å²) in [6.07, 6.45) is 0.00538. The Balaban J connectivity index is 1.48. The van der Waals surface area contributed by atoms with Crippen LogP contribution in [-0.2, 0) is 9.59 Å². The SMILES string of the molecule is O=C(Oc1ccc(Br)cc1F)[C@@H]1CC(=O)N(c2ccc3c(c2)OCCO3)C1. The van der Waals surface area contributed by atoms with Gasteiger partial charge in [-0.3, -0.25) is 9.59 Å². The zero-order valence-electron chi connectivity index (χ0n) is 14.1. The first-order chi connectivity index (χ1) is 13.0. The van der Waals surface area contributed by atoms with Crippen LogP contribution in [0.15, 0.2) is 40.9 Å². The van der Waals surface area contributed by atoms with Crippen LogP contribution in [0.2, 0.25) is 0 Å². The molecule has 1 fully saturated rings. The number of carbonyl (C=O) groups excluding carboxylic acids is 2. The van der Waals surface area contributed by atoms with Crippen molar-refractivity contribution in [2.24, 2.45) is 5.92 Å². The van der Waals surface area contributed by atoms with Crippen LogP contribution in [0.3, 0.4) is 0 Å². The second-order valence-electron chi connectivity index (χ2n) is 6.23. The number of anilines is 1. The van der Waals surface area contributed by atoms with Gasteiger partial charge in [0.2, 0.25) is 5.91 Å². The molecule has 0 bridgehead atoms. The Morgan fingerprint density at radius 3 is 2.70 bits per heavy atom. The van der Waals surface area contributed by atoms with Crippen molar-refractivity contribution in [1.82, 2.24) is 0 Å². The van der Waals surface area contributed by atoms with Crippen molar-refractivity contribution < 1.29 is 28.2 Å². The zero-order valence-corrected chi connectivity index (χ0v) is 15.7. The Hall–Kier alpha value is -2.61. The lowest BCUT2D eigenvalue weighted by molar-refractivity contribution is -0.139. The molecule has 2 heterocycles. The number of nitrogens with zero attached hydrogens (tertiary/aromatic N) is 1. The molecule has 140 valence electrons.